The summed E-state index contributed by atoms with van der Waals surface area (Å²) < 4.78 is 46.0. The molecule has 10 heteroatoms. The van der Waals surface area contributed by atoms with Crippen molar-refractivity contribution >= 4 is 5.91 Å². The molecule has 26 heavy (non-hydrogen) atoms. The molecule has 2 aromatic heterocycles. The molecule has 0 bridgehead atoms. The van der Waals surface area contributed by atoms with E-state index in [1.165, 1.54) is 6.92 Å². The number of amides is 1. The van der Waals surface area contributed by atoms with E-state index in [1.54, 1.807) is 13.3 Å². The van der Waals surface area contributed by atoms with Gasteiger partial charge in [0.1, 0.15) is 12.4 Å². The van der Waals surface area contributed by atoms with Gasteiger partial charge in [-0.3, -0.25) is 9.48 Å². The third-order valence-corrected chi connectivity index (χ3v) is 3.89. The van der Waals surface area contributed by atoms with Crippen LogP contribution in [0.5, 0.6) is 0 Å². The van der Waals surface area contributed by atoms with Gasteiger partial charge in [-0.15, -0.1) is 0 Å². The second-order valence-electron chi connectivity index (χ2n) is 5.89. The molecule has 2 rings (SSSR count). The molecule has 1 N–H and O–H groups in total. The Labute approximate surface area is 149 Å². The zero-order valence-corrected chi connectivity index (χ0v) is 14.9. The lowest BCUT2D eigenvalue weighted by Crippen LogP contribution is -2.30. The molecule has 0 aromatic carbocycles. The van der Waals surface area contributed by atoms with E-state index in [0.717, 1.165) is 22.3 Å². The molecule has 0 unspecified atom stereocenters. The minimum atomic E-state index is -4.52. The van der Waals surface area contributed by atoms with Gasteiger partial charge in [0.25, 0.3) is 0 Å². The number of carbonyl (C=O) groups is 1. The van der Waals surface area contributed by atoms with Gasteiger partial charge in [-0.1, -0.05) is 0 Å². The van der Waals surface area contributed by atoms with Crippen LogP contribution in [0, 0.1) is 13.8 Å². The molecule has 0 saturated heterocycles. The Morgan fingerprint density at radius 2 is 2.04 bits per heavy atom. The minimum absolute atomic E-state index is 0.265. The number of rotatable bonds is 8. The molecule has 2 heterocycles. The first-order chi connectivity index (χ1) is 12.2. The SMILES string of the molecule is COCCn1c(C)cnc1CCNC(=O)Cn1nc(C(F)(F)F)cc1C. The first kappa shape index (κ1) is 20.0. The number of hydrogen-bond donors (Lipinski definition) is 1. The average molecular weight is 373 g/mol. The summed E-state index contributed by atoms with van der Waals surface area (Å²) in [5, 5.41) is 6.12. The van der Waals surface area contributed by atoms with E-state index in [1.807, 2.05) is 11.5 Å². The van der Waals surface area contributed by atoms with Gasteiger partial charge in [-0.25, -0.2) is 4.98 Å². The first-order valence-corrected chi connectivity index (χ1v) is 8.10. The predicted octanol–water partition coefficient (Wildman–Crippen LogP) is 1.72. The normalized spacial score (nSPS) is 11.8. The van der Waals surface area contributed by atoms with Gasteiger partial charge in [-0.05, 0) is 19.9 Å². The largest absolute Gasteiger partial charge is 0.435 e. The van der Waals surface area contributed by atoms with Gasteiger partial charge < -0.3 is 14.6 Å². The zero-order chi connectivity index (χ0) is 19.3. The van der Waals surface area contributed by atoms with Gasteiger partial charge in [0, 0.05) is 44.2 Å². The van der Waals surface area contributed by atoms with Crippen molar-refractivity contribution in [2.24, 2.45) is 0 Å². The summed E-state index contributed by atoms with van der Waals surface area (Å²) >= 11 is 0. The molecule has 0 aliphatic carbocycles. The lowest BCUT2D eigenvalue weighted by atomic mass is 10.3. The number of hydrogen-bond acceptors (Lipinski definition) is 4. The van der Waals surface area contributed by atoms with Crippen LogP contribution in [0.2, 0.25) is 0 Å². The van der Waals surface area contributed by atoms with Gasteiger partial charge in [0.15, 0.2) is 5.69 Å². The topological polar surface area (TPSA) is 74.0 Å². The molecule has 7 nitrogen and oxygen atoms in total. The number of methoxy groups -OCH3 is 1. The van der Waals surface area contributed by atoms with Crippen LogP contribution in [-0.2, 0) is 35.2 Å². The standard InChI is InChI=1S/C16H22F3N5O2/c1-11-8-13(16(17,18)19)22-24(11)10-15(25)20-5-4-14-21-9-12(2)23(14)6-7-26-3/h8-9H,4-7,10H2,1-3H3,(H,20,25). The van der Waals surface area contributed by atoms with E-state index in [9.17, 15) is 18.0 Å². The van der Waals surface area contributed by atoms with Crippen molar-refractivity contribution in [2.75, 3.05) is 20.3 Å². The van der Waals surface area contributed by atoms with Gasteiger partial charge in [-0.2, -0.15) is 18.3 Å². The molecule has 0 atom stereocenters. The van der Waals surface area contributed by atoms with E-state index < -0.39 is 17.8 Å². The summed E-state index contributed by atoms with van der Waals surface area (Å²) in [5.74, 6) is 0.408. The van der Waals surface area contributed by atoms with Crippen molar-refractivity contribution < 1.29 is 22.7 Å². The van der Waals surface area contributed by atoms with Crippen molar-refractivity contribution in [3.05, 3.63) is 35.2 Å². The number of imidazole rings is 1. The Hall–Kier alpha value is -2.36. The molecule has 0 aliphatic heterocycles. The van der Waals surface area contributed by atoms with Crippen LogP contribution in [0.3, 0.4) is 0 Å². The highest BCUT2D eigenvalue weighted by atomic mass is 19.4. The van der Waals surface area contributed by atoms with Gasteiger partial charge in [0.05, 0.1) is 6.61 Å². The van der Waals surface area contributed by atoms with Gasteiger partial charge in [0.2, 0.25) is 5.91 Å². The van der Waals surface area contributed by atoms with Crippen molar-refractivity contribution in [3.63, 3.8) is 0 Å². The molecule has 144 valence electrons. The summed E-state index contributed by atoms with van der Waals surface area (Å²) in [6.45, 7) is 4.69. The number of halogens is 3. The fourth-order valence-corrected chi connectivity index (χ4v) is 2.51. The Morgan fingerprint density at radius 3 is 2.65 bits per heavy atom. The van der Waals surface area contributed by atoms with Crippen LogP contribution in [0.4, 0.5) is 13.2 Å². The van der Waals surface area contributed by atoms with E-state index in [-0.39, 0.29) is 12.2 Å². The number of aromatic nitrogens is 4. The van der Waals surface area contributed by atoms with Crippen LogP contribution in [0.15, 0.2) is 12.3 Å². The monoisotopic (exact) mass is 373 g/mol. The third kappa shape index (κ3) is 5.07. The molecule has 1 amide bonds. The minimum Gasteiger partial charge on any atom is -0.383 e. The van der Waals surface area contributed by atoms with Crippen LogP contribution in [0.1, 0.15) is 22.9 Å². The van der Waals surface area contributed by atoms with E-state index in [2.05, 4.69) is 15.4 Å². The summed E-state index contributed by atoms with van der Waals surface area (Å²) in [6, 6.07) is 0.919. The fraction of sp³-hybridized carbons (Fsp3) is 0.562. The number of nitrogens with zero attached hydrogens (tertiary/aromatic N) is 4. The predicted molar refractivity (Wildman–Crippen MR) is 87.5 cm³/mol. The van der Waals surface area contributed by atoms with E-state index >= 15 is 0 Å². The highest BCUT2D eigenvalue weighted by Crippen LogP contribution is 2.28. The average Bonchev–Trinajstić information content (AvgIpc) is 3.09. The Balaban J connectivity index is 1.87. The van der Waals surface area contributed by atoms with Crippen molar-refractivity contribution in [1.29, 1.82) is 0 Å². The number of nitrogens with one attached hydrogen (secondary N) is 1. The quantitative estimate of drug-likeness (QED) is 0.765. The van der Waals surface area contributed by atoms with E-state index in [0.29, 0.717) is 26.1 Å². The second-order valence-corrected chi connectivity index (χ2v) is 5.89. The number of ether oxygens (including phenoxy) is 1. The summed E-state index contributed by atoms with van der Waals surface area (Å²) in [6.07, 6.45) is -2.27. The van der Waals surface area contributed by atoms with Crippen molar-refractivity contribution in [2.45, 2.75) is 39.5 Å². The van der Waals surface area contributed by atoms with Crippen molar-refractivity contribution in [1.82, 2.24) is 24.6 Å². The maximum absolute atomic E-state index is 12.6. The maximum atomic E-state index is 12.6. The smallest absolute Gasteiger partial charge is 0.383 e. The maximum Gasteiger partial charge on any atom is 0.435 e. The lowest BCUT2D eigenvalue weighted by molar-refractivity contribution is -0.141. The Kier molecular flexibility index (Phi) is 6.41. The molecule has 2 aromatic rings. The van der Waals surface area contributed by atoms with Crippen LogP contribution < -0.4 is 5.32 Å². The van der Waals surface area contributed by atoms with Crippen LogP contribution >= 0.6 is 0 Å². The molecule has 0 aliphatic rings. The van der Waals surface area contributed by atoms with Crippen LogP contribution in [0.25, 0.3) is 0 Å². The first-order valence-electron chi connectivity index (χ1n) is 8.10. The molecular weight excluding hydrogens is 351 g/mol. The zero-order valence-electron chi connectivity index (χ0n) is 14.9. The fourth-order valence-electron chi connectivity index (χ4n) is 2.51. The molecule has 0 spiro atoms. The highest BCUT2D eigenvalue weighted by Gasteiger charge is 2.34. The Morgan fingerprint density at radius 1 is 1.31 bits per heavy atom. The van der Waals surface area contributed by atoms with Gasteiger partial charge >= 0.3 is 6.18 Å². The lowest BCUT2D eigenvalue weighted by Gasteiger charge is -2.10. The van der Waals surface area contributed by atoms with E-state index in [4.69, 9.17) is 4.74 Å². The Bertz CT molecular complexity index is 752. The second kappa shape index (κ2) is 8.35. The number of alkyl halides is 3. The summed E-state index contributed by atoms with van der Waals surface area (Å²) in [4.78, 5) is 16.3. The van der Waals surface area contributed by atoms with Crippen LogP contribution in [-0.4, -0.2) is 45.5 Å². The molecule has 0 saturated carbocycles. The molecule has 0 fully saturated rings. The summed E-state index contributed by atoms with van der Waals surface area (Å²) in [7, 11) is 1.62. The summed E-state index contributed by atoms with van der Waals surface area (Å²) in [5.41, 5.74) is 0.270. The van der Waals surface area contributed by atoms with Crippen molar-refractivity contribution in [3.8, 4) is 0 Å². The number of aryl methyl sites for hydroxylation is 2. The molecular formula is C16H22F3N5O2. The number of carbonyl (C=O) groups excluding carboxylic acids is 1. The highest BCUT2D eigenvalue weighted by molar-refractivity contribution is 5.75. The molecule has 0 radical (unpaired) electrons. The third-order valence-electron chi connectivity index (χ3n) is 3.89.